The van der Waals surface area contributed by atoms with E-state index in [1.807, 2.05) is 31.2 Å². The number of thiazole rings is 1. The Balaban J connectivity index is 1.57. The minimum atomic E-state index is -0.0668. The Bertz CT molecular complexity index is 689. The maximum Gasteiger partial charge on any atom is 0.234 e. The first kappa shape index (κ1) is 19.0. The highest BCUT2D eigenvalue weighted by atomic mass is 79.9. The van der Waals surface area contributed by atoms with Gasteiger partial charge in [-0.3, -0.25) is 9.59 Å². The van der Waals surface area contributed by atoms with Gasteiger partial charge in [0.2, 0.25) is 11.8 Å². The van der Waals surface area contributed by atoms with Crippen LogP contribution in [0.15, 0.2) is 34.9 Å². The molecule has 0 bridgehead atoms. The maximum atomic E-state index is 11.8. The van der Waals surface area contributed by atoms with Crippen LogP contribution in [0.4, 0.5) is 5.69 Å². The molecule has 0 saturated carbocycles. The lowest BCUT2D eigenvalue weighted by molar-refractivity contribution is -0.120. The van der Waals surface area contributed by atoms with Crippen molar-refractivity contribution >= 4 is 56.5 Å². The summed E-state index contributed by atoms with van der Waals surface area (Å²) in [5.41, 5.74) is 0.765. The van der Waals surface area contributed by atoms with Gasteiger partial charge >= 0.3 is 0 Å². The predicted octanol–water partition coefficient (Wildman–Crippen LogP) is 3.59. The number of benzene rings is 1. The summed E-state index contributed by atoms with van der Waals surface area (Å²) < 4.78 is 0.967. The van der Waals surface area contributed by atoms with E-state index in [0.717, 1.165) is 20.0 Å². The van der Waals surface area contributed by atoms with Gasteiger partial charge in [0.15, 0.2) is 0 Å². The number of thioether (sulfide) groups is 1. The van der Waals surface area contributed by atoms with Crippen LogP contribution < -0.4 is 10.6 Å². The van der Waals surface area contributed by atoms with Crippen molar-refractivity contribution < 1.29 is 9.59 Å². The van der Waals surface area contributed by atoms with Crippen molar-refractivity contribution in [1.82, 2.24) is 10.3 Å². The van der Waals surface area contributed by atoms with Gasteiger partial charge in [-0.2, -0.15) is 11.8 Å². The number of aromatic nitrogens is 1. The molecular weight excluding hydrogens is 410 g/mol. The van der Waals surface area contributed by atoms with Crippen molar-refractivity contribution in [2.24, 2.45) is 0 Å². The topological polar surface area (TPSA) is 71.1 Å². The molecule has 0 saturated heterocycles. The third-order valence-electron chi connectivity index (χ3n) is 2.96. The Labute approximate surface area is 157 Å². The normalized spacial score (nSPS) is 10.4. The van der Waals surface area contributed by atoms with Crippen molar-refractivity contribution in [3.05, 3.63) is 44.8 Å². The van der Waals surface area contributed by atoms with Gasteiger partial charge in [-0.25, -0.2) is 4.98 Å². The van der Waals surface area contributed by atoms with Crippen LogP contribution in [0.2, 0.25) is 0 Å². The van der Waals surface area contributed by atoms with Crippen molar-refractivity contribution in [2.75, 3.05) is 16.8 Å². The van der Waals surface area contributed by atoms with Gasteiger partial charge in [0.25, 0.3) is 0 Å². The summed E-state index contributed by atoms with van der Waals surface area (Å²) >= 11 is 6.37. The molecule has 0 aliphatic carbocycles. The average molecular weight is 428 g/mol. The van der Waals surface area contributed by atoms with E-state index in [0.29, 0.717) is 24.5 Å². The molecule has 2 amide bonds. The largest absolute Gasteiger partial charge is 0.351 e. The van der Waals surface area contributed by atoms with Gasteiger partial charge in [-0.05, 0) is 31.2 Å². The van der Waals surface area contributed by atoms with Crippen molar-refractivity contribution in [1.29, 1.82) is 0 Å². The van der Waals surface area contributed by atoms with E-state index in [9.17, 15) is 9.59 Å². The molecule has 0 radical (unpaired) electrons. The number of aryl methyl sites for hydroxylation is 1. The molecule has 5 nitrogen and oxygen atoms in total. The summed E-state index contributed by atoms with van der Waals surface area (Å²) in [5, 5.41) is 6.67. The molecule has 1 aromatic heterocycles. The smallest absolute Gasteiger partial charge is 0.234 e. The summed E-state index contributed by atoms with van der Waals surface area (Å²) in [4.78, 5) is 28.7. The number of nitrogens with one attached hydrogen (secondary N) is 2. The number of carbonyl (C=O) groups excluding carboxylic acids is 2. The first-order valence-corrected chi connectivity index (χ1v) is 10.1. The molecule has 128 valence electrons. The molecule has 2 N–H and O–H groups in total. The van der Waals surface area contributed by atoms with Crippen molar-refractivity contribution in [3.63, 3.8) is 0 Å². The zero-order chi connectivity index (χ0) is 17.4. The minimum absolute atomic E-state index is 0.0122. The van der Waals surface area contributed by atoms with Gasteiger partial charge in [-0.15, -0.1) is 11.3 Å². The number of carbonyl (C=O) groups is 2. The Morgan fingerprint density at radius 2 is 2.00 bits per heavy atom. The Morgan fingerprint density at radius 3 is 2.67 bits per heavy atom. The minimum Gasteiger partial charge on any atom is -0.351 e. The summed E-state index contributed by atoms with van der Waals surface area (Å²) in [7, 11) is 0. The zero-order valence-electron chi connectivity index (χ0n) is 13.2. The lowest BCUT2D eigenvalue weighted by Crippen LogP contribution is -2.23. The second kappa shape index (κ2) is 9.80. The number of anilines is 1. The molecule has 8 heteroatoms. The summed E-state index contributed by atoms with van der Waals surface area (Å²) in [5.74, 6) is 0.864. The number of halogens is 1. The zero-order valence-corrected chi connectivity index (χ0v) is 16.4. The fourth-order valence-electron chi connectivity index (χ4n) is 1.82. The van der Waals surface area contributed by atoms with E-state index in [1.165, 1.54) is 11.8 Å². The standard InChI is InChI=1S/C16H18BrN3O2S2/c1-11-18-8-14(24-11)9-19-15(21)6-7-23-10-16(22)20-13-4-2-12(17)3-5-13/h2-5,8H,6-7,9-10H2,1H3,(H,19,21)(H,20,22). The highest BCUT2D eigenvalue weighted by Crippen LogP contribution is 2.15. The first-order valence-electron chi connectivity index (χ1n) is 7.34. The van der Waals surface area contributed by atoms with E-state index in [4.69, 9.17) is 0 Å². The number of nitrogens with zero attached hydrogens (tertiary/aromatic N) is 1. The van der Waals surface area contributed by atoms with Gasteiger partial charge in [0.05, 0.1) is 17.3 Å². The van der Waals surface area contributed by atoms with E-state index in [1.54, 1.807) is 17.5 Å². The maximum absolute atomic E-state index is 11.8. The summed E-state index contributed by atoms with van der Waals surface area (Å²) in [6.07, 6.45) is 2.18. The van der Waals surface area contributed by atoms with Crippen LogP contribution >= 0.6 is 39.0 Å². The fraction of sp³-hybridized carbons (Fsp3) is 0.312. The lowest BCUT2D eigenvalue weighted by Gasteiger charge is -2.06. The molecule has 0 atom stereocenters. The van der Waals surface area contributed by atoms with Crippen LogP contribution in [0.5, 0.6) is 0 Å². The van der Waals surface area contributed by atoms with E-state index >= 15 is 0 Å². The van der Waals surface area contributed by atoms with Crippen molar-refractivity contribution in [2.45, 2.75) is 19.9 Å². The van der Waals surface area contributed by atoms with E-state index < -0.39 is 0 Å². The highest BCUT2D eigenvalue weighted by molar-refractivity contribution is 9.10. The van der Waals surface area contributed by atoms with Gasteiger partial charge in [0.1, 0.15) is 0 Å². The second-order valence-electron chi connectivity index (χ2n) is 4.98. The predicted molar refractivity (Wildman–Crippen MR) is 103 cm³/mol. The van der Waals surface area contributed by atoms with Crippen LogP contribution in [0.1, 0.15) is 16.3 Å². The van der Waals surface area contributed by atoms with Gasteiger partial charge < -0.3 is 10.6 Å². The monoisotopic (exact) mass is 427 g/mol. The van der Waals surface area contributed by atoms with Crippen LogP contribution in [0.25, 0.3) is 0 Å². The van der Waals surface area contributed by atoms with E-state index in [2.05, 4.69) is 31.5 Å². The number of hydrogen-bond donors (Lipinski definition) is 2. The molecule has 0 fully saturated rings. The number of hydrogen-bond acceptors (Lipinski definition) is 5. The molecule has 1 heterocycles. The molecule has 2 rings (SSSR count). The van der Waals surface area contributed by atoms with Crippen LogP contribution in [0.3, 0.4) is 0 Å². The van der Waals surface area contributed by atoms with Gasteiger partial charge in [0, 0.05) is 33.4 Å². The second-order valence-corrected chi connectivity index (χ2v) is 8.32. The highest BCUT2D eigenvalue weighted by Gasteiger charge is 2.06. The van der Waals surface area contributed by atoms with Gasteiger partial charge in [-0.1, -0.05) is 15.9 Å². The van der Waals surface area contributed by atoms with Crippen molar-refractivity contribution in [3.8, 4) is 0 Å². The molecule has 2 aromatic rings. The molecule has 0 aliphatic rings. The summed E-state index contributed by atoms with van der Waals surface area (Å²) in [6, 6.07) is 7.41. The molecule has 0 aliphatic heterocycles. The Hall–Kier alpha value is -1.38. The third kappa shape index (κ3) is 7.02. The van der Waals surface area contributed by atoms with E-state index in [-0.39, 0.29) is 11.8 Å². The summed E-state index contributed by atoms with van der Waals surface area (Å²) in [6.45, 7) is 2.45. The molecule has 0 unspecified atom stereocenters. The quantitative estimate of drug-likeness (QED) is 0.631. The lowest BCUT2D eigenvalue weighted by atomic mass is 10.3. The first-order chi connectivity index (χ1) is 11.5. The fourth-order valence-corrected chi connectivity index (χ4v) is 3.55. The number of rotatable bonds is 8. The third-order valence-corrected chi connectivity index (χ3v) is 5.36. The molecule has 0 spiro atoms. The average Bonchev–Trinajstić information content (AvgIpc) is 2.97. The van der Waals surface area contributed by atoms with Crippen LogP contribution in [-0.2, 0) is 16.1 Å². The Kier molecular flexibility index (Phi) is 7.74. The molecular formula is C16H18BrN3O2S2. The molecule has 24 heavy (non-hydrogen) atoms. The molecule has 1 aromatic carbocycles. The van der Waals surface area contributed by atoms with Crippen LogP contribution in [0, 0.1) is 6.92 Å². The van der Waals surface area contributed by atoms with Crippen LogP contribution in [-0.4, -0.2) is 28.3 Å². The number of amides is 2. The Morgan fingerprint density at radius 1 is 1.25 bits per heavy atom. The SMILES string of the molecule is Cc1ncc(CNC(=O)CCSCC(=O)Nc2ccc(Br)cc2)s1.